The van der Waals surface area contributed by atoms with Gasteiger partial charge in [-0.15, -0.1) is 0 Å². The number of hydrogen-bond donors (Lipinski definition) is 2. The van der Waals surface area contributed by atoms with E-state index in [1.807, 2.05) is 12.1 Å². The maximum Gasteiger partial charge on any atom is 0.0992 e. The van der Waals surface area contributed by atoms with Gasteiger partial charge in [-0.1, -0.05) is 15.9 Å². The van der Waals surface area contributed by atoms with Gasteiger partial charge < -0.3 is 15.4 Å². The van der Waals surface area contributed by atoms with Crippen molar-refractivity contribution in [2.45, 2.75) is 18.9 Å². The number of nitrogens with zero attached hydrogens (tertiary/aromatic N) is 1. The molecular weight excluding hydrogens is 306 g/mol. The Kier molecular flexibility index (Phi) is 5.64. The lowest BCUT2D eigenvalue weighted by Gasteiger charge is -2.23. The first-order chi connectivity index (χ1) is 9.28. The second-order valence-electron chi connectivity index (χ2n) is 4.59. The van der Waals surface area contributed by atoms with Gasteiger partial charge in [0.2, 0.25) is 0 Å². The van der Waals surface area contributed by atoms with Gasteiger partial charge in [0.15, 0.2) is 0 Å². The van der Waals surface area contributed by atoms with Crippen molar-refractivity contribution in [2.24, 2.45) is 0 Å². The van der Waals surface area contributed by atoms with Crippen molar-refractivity contribution in [3.8, 4) is 6.07 Å². The summed E-state index contributed by atoms with van der Waals surface area (Å²) >= 11 is 3.40. The summed E-state index contributed by atoms with van der Waals surface area (Å²) in [6.07, 6.45) is 2.57. The molecule has 2 rings (SSSR count). The van der Waals surface area contributed by atoms with Crippen LogP contribution < -0.4 is 10.6 Å². The van der Waals surface area contributed by atoms with Crippen LogP contribution in [-0.2, 0) is 4.74 Å². The first kappa shape index (κ1) is 14.3. The molecule has 1 aliphatic heterocycles. The number of rotatable bonds is 5. The summed E-state index contributed by atoms with van der Waals surface area (Å²) in [5.41, 5.74) is 1.59. The van der Waals surface area contributed by atoms with E-state index < -0.39 is 0 Å². The van der Waals surface area contributed by atoms with Crippen molar-refractivity contribution in [3.05, 3.63) is 28.2 Å². The molecule has 4 nitrogen and oxygen atoms in total. The average Bonchev–Trinajstić information content (AvgIpc) is 2.44. The summed E-state index contributed by atoms with van der Waals surface area (Å²) in [5.74, 6) is 0. The third-order valence-corrected chi connectivity index (χ3v) is 3.56. The maximum atomic E-state index is 8.90. The van der Waals surface area contributed by atoms with Crippen LogP contribution >= 0.6 is 15.9 Å². The summed E-state index contributed by atoms with van der Waals surface area (Å²) < 4.78 is 6.72. The van der Waals surface area contributed by atoms with E-state index in [0.717, 1.165) is 42.6 Å². The molecule has 1 aromatic rings. The minimum atomic E-state index is 0.389. The molecule has 1 heterocycles. The van der Waals surface area contributed by atoms with Crippen LogP contribution in [0.1, 0.15) is 18.4 Å². The Balaban J connectivity index is 1.73. The Morgan fingerprint density at radius 2 is 2.16 bits per heavy atom. The smallest absolute Gasteiger partial charge is 0.0992 e. The number of anilines is 1. The Bertz CT molecular complexity index is 452. The molecule has 0 aliphatic carbocycles. The lowest BCUT2D eigenvalue weighted by Crippen LogP contribution is -2.33. The summed E-state index contributed by atoms with van der Waals surface area (Å²) in [4.78, 5) is 0. The average molecular weight is 324 g/mol. The van der Waals surface area contributed by atoms with Crippen LogP contribution in [0.25, 0.3) is 0 Å². The molecule has 1 aromatic carbocycles. The fraction of sp³-hybridized carbons (Fsp3) is 0.500. The number of halogens is 1. The third kappa shape index (κ3) is 4.83. The highest BCUT2D eigenvalue weighted by atomic mass is 79.9. The lowest BCUT2D eigenvalue weighted by atomic mass is 10.1. The molecule has 0 amide bonds. The predicted octanol–water partition coefficient (Wildman–Crippen LogP) is 2.50. The van der Waals surface area contributed by atoms with Crippen molar-refractivity contribution in [2.75, 3.05) is 31.6 Å². The fourth-order valence-corrected chi connectivity index (χ4v) is 2.63. The molecule has 19 heavy (non-hydrogen) atoms. The van der Waals surface area contributed by atoms with Gasteiger partial charge in [0.05, 0.1) is 24.3 Å². The zero-order valence-corrected chi connectivity index (χ0v) is 12.4. The quantitative estimate of drug-likeness (QED) is 0.817. The zero-order chi connectivity index (χ0) is 13.5. The van der Waals surface area contributed by atoms with Crippen LogP contribution in [0.4, 0.5) is 5.69 Å². The highest BCUT2D eigenvalue weighted by Crippen LogP contribution is 2.19. The number of nitrogens with one attached hydrogen (secondary N) is 2. The van der Waals surface area contributed by atoms with Crippen LogP contribution in [-0.4, -0.2) is 32.3 Å². The summed E-state index contributed by atoms with van der Waals surface area (Å²) in [6, 6.07) is 7.75. The zero-order valence-electron chi connectivity index (χ0n) is 10.8. The number of benzene rings is 1. The third-order valence-electron chi connectivity index (χ3n) is 3.10. The van der Waals surface area contributed by atoms with Crippen LogP contribution in [0.2, 0.25) is 0 Å². The number of ether oxygens (including phenoxy) is 1. The van der Waals surface area contributed by atoms with Gasteiger partial charge in [-0.05, 0) is 44.1 Å². The number of piperidine rings is 1. The highest BCUT2D eigenvalue weighted by Gasteiger charge is 2.12. The topological polar surface area (TPSA) is 57.1 Å². The van der Waals surface area contributed by atoms with Crippen molar-refractivity contribution >= 4 is 21.6 Å². The molecular formula is C14H18BrN3O. The molecule has 0 aromatic heterocycles. The largest absolute Gasteiger partial charge is 0.383 e. The van der Waals surface area contributed by atoms with E-state index in [-0.39, 0.29) is 0 Å². The van der Waals surface area contributed by atoms with Crippen LogP contribution in [0.15, 0.2) is 22.7 Å². The molecule has 0 saturated carbocycles. The van der Waals surface area contributed by atoms with E-state index in [4.69, 9.17) is 10.00 Å². The van der Waals surface area contributed by atoms with Crippen molar-refractivity contribution in [1.82, 2.24) is 5.32 Å². The van der Waals surface area contributed by atoms with Crippen molar-refractivity contribution in [1.29, 1.82) is 5.26 Å². The van der Waals surface area contributed by atoms with Gasteiger partial charge in [0.1, 0.15) is 0 Å². The first-order valence-electron chi connectivity index (χ1n) is 6.55. The van der Waals surface area contributed by atoms with E-state index in [9.17, 15) is 0 Å². The standard InChI is InChI=1S/C14H18BrN3O/c15-12-7-11(10-16)8-13(9-12)18-5-6-19-14-1-3-17-4-2-14/h7-9,14,17-18H,1-6H2. The molecule has 2 N–H and O–H groups in total. The van der Waals surface area contributed by atoms with Crippen LogP contribution in [0.3, 0.4) is 0 Å². The Labute approximate surface area is 122 Å². The second kappa shape index (κ2) is 7.49. The van der Waals surface area contributed by atoms with E-state index in [1.54, 1.807) is 6.07 Å². The SMILES string of the molecule is N#Cc1cc(Br)cc(NCCOC2CCNCC2)c1. The predicted molar refractivity (Wildman–Crippen MR) is 79.2 cm³/mol. The molecule has 0 atom stereocenters. The van der Waals surface area contributed by atoms with Crippen LogP contribution in [0.5, 0.6) is 0 Å². The van der Waals surface area contributed by atoms with E-state index in [0.29, 0.717) is 18.3 Å². The van der Waals surface area contributed by atoms with Gasteiger partial charge in [-0.25, -0.2) is 0 Å². The molecule has 1 saturated heterocycles. The van der Waals surface area contributed by atoms with Gasteiger partial charge in [0.25, 0.3) is 0 Å². The van der Waals surface area contributed by atoms with E-state index in [2.05, 4.69) is 32.6 Å². The fourth-order valence-electron chi connectivity index (χ4n) is 2.14. The first-order valence-corrected chi connectivity index (χ1v) is 7.34. The molecule has 1 fully saturated rings. The maximum absolute atomic E-state index is 8.90. The van der Waals surface area contributed by atoms with E-state index in [1.165, 1.54) is 0 Å². The molecule has 0 bridgehead atoms. The number of hydrogen-bond acceptors (Lipinski definition) is 4. The molecule has 1 aliphatic rings. The van der Waals surface area contributed by atoms with Crippen LogP contribution in [0, 0.1) is 11.3 Å². The van der Waals surface area contributed by atoms with Gasteiger partial charge >= 0.3 is 0 Å². The normalized spacial score (nSPS) is 16.0. The summed E-state index contributed by atoms with van der Waals surface area (Å²) in [6.45, 7) is 3.55. The van der Waals surface area contributed by atoms with Crippen molar-refractivity contribution < 1.29 is 4.74 Å². The minimum Gasteiger partial charge on any atom is -0.383 e. The molecule has 0 unspecified atom stereocenters. The minimum absolute atomic E-state index is 0.389. The Morgan fingerprint density at radius 1 is 1.37 bits per heavy atom. The second-order valence-corrected chi connectivity index (χ2v) is 5.50. The molecule has 0 radical (unpaired) electrons. The molecule has 5 heteroatoms. The van der Waals surface area contributed by atoms with Gasteiger partial charge in [-0.2, -0.15) is 5.26 Å². The summed E-state index contributed by atoms with van der Waals surface area (Å²) in [5, 5.41) is 15.5. The highest BCUT2D eigenvalue weighted by molar-refractivity contribution is 9.10. The lowest BCUT2D eigenvalue weighted by molar-refractivity contribution is 0.0394. The molecule has 102 valence electrons. The Hall–Kier alpha value is -1.09. The van der Waals surface area contributed by atoms with Gasteiger partial charge in [0, 0.05) is 16.7 Å². The van der Waals surface area contributed by atoms with Gasteiger partial charge in [-0.3, -0.25) is 0 Å². The van der Waals surface area contributed by atoms with E-state index >= 15 is 0 Å². The summed E-state index contributed by atoms with van der Waals surface area (Å²) in [7, 11) is 0. The number of nitriles is 1. The van der Waals surface area contributed by atoms with Crippen molar-refractivity contribution in [3.63, 3.8) is 0 Å². The Morgan fingerprint density at radius 3 is 2.89 bits per heavy atom. The monoisotopic (exact) mass is 323 g/mol. The molecule has 0 spiro atoms.